The van der Waals surface area contributed by atoms with Gasteiger partial charge in [-0.15, -0.1) is 0 Å². The van der Waals surface area contributed by atoms with Gasteiger partial charge in [-0.2, -0.15) is 0 Å². The quantitative estimate of drug-likeness (QED) is 0.823. The topological polar surface area (TPSA) is 58.6 Å². The van der Waals surface area contributed by atoms with Gasteiger partial charge in [0.1, 0.15) is 5.75 Å². The molecule has 0 unspecified atom stereocenters. The maximum absolute atomic E-state index is 12.5. The molecule has 0 radical (unpaired) electrons. The Kier molecular flexibility index (Phi) is 5.48. The van der Waals surface area contributed by atoms with E-state index >= 15 is 0 Å². The Labute approximate surface area is 149 Å². The fourth-order valence-corrected chi connectivity index (χ4v) is 4.16. The number of ether oxygens (including phenoxy) is 1. The molecule has 1 aliphatic rings. The van der Waals surface area contributed by atoms with Crippen molar-refractivity contribution in [2.75, 3.05) is 35.6 Å². The molecule has 2 aromatic carbocycles. The largest absolute Gasteiger partial charge is 0.495 e. The highest BCUT2D eigenvalue weighted by Gasteiger charge is 2.17. The van der Waals surface area contributed by atoms with Gasteiger partial charge in [0, 0.05) is 18.8 Å². The molecule has 1 aliphatic heterocycles. The van der Waals surface area contributed by atoms with Crippen molar-refractivity contribution < 1.29 is 13.2 Å². The van der Waals surface area contributed by atoms with E-state index in [9.17, 15) is 8.42 Å². The summed E-state index contributed by atoms with van der Waals surface area (Å²) >= 11 is 0. The molecule has 1 fully saturated rings. The van der Waals surface area contributed by atoms with Gasteiger partial charge in [0.05, 0.1) is 18.6 Å². The third-order valence-electron chi connectivity index (χ3n) is 4.42. The monoisotopic (exact) mass is 360 g/mol. The highest BCUT2D eigenvalue weighted by molar-refractivity contribution is 7.92. The minimum atomic E-state index is -3.45. The molecule has 1 saturated heterocycles. The van der Waals surface area contributed by atoms with Crippen LogP contribution in [0.4, 0.5) is 11.4 Å². The molecule has 2 aromatic rings. The molecule has 0 aromatic heterocycles. The molecule has 1 N–H and O–H groups in total. The van der Waals surface area contributed by atoms with E-state index in [1.165, 1.54) is 12.8 Å². The Morgan fingerprint density at radius 3 is 2.48 bits per heavy atom. The molecule has 0 amide bonds. The number of anilines is 2. The van der Waals surface area contributed by atoms with Gasteiger partial charge in [0.15, 0.2) is 0 Å². The van der Waals surface area contributed by atoms with Crippen LogP contribution in [-0.2, 0) is 16.4 Å². The molecule has 1 heterocycles. The SMILES string of the molecule is COc1ccc(N2CCCC2)cc1NS(=O)(=O)CCc1ccccc1. The van der Waals surface area contributed by atoms with Crippen LogP contribution in [0.5, 0.6) is 5.75 Å². The summed E-state index contributed by atoms with van der Waals surface area (Å²) in [6.45, 7) is 2.01. The lowest BCUT2D eigenvalue weighted by atomic mass is 10.2. The van der Waals surface area contributed by atoms with E-state index in [0.717, 1.165) is 24.3 Å². The van der Waals surface area contributed by atoms with Crippen molar-refractivity contribution in [3.63, 3.8) is 0 Å². The van der Waals surface area contributed by atoms with Gasteiger partial charge in [0.2, 0.25) is 10.0 Å². The molecule has 5 nitrogen and oxygen atoms in total. The summed E-state index contributed by atoms with van der Waals surface area (Å²) in [5, 5.41) is 0. The zero-order valence-electron chi connectivity index (χ0n) is 14.4. The van der Waals surface area contributed by atoms with E-state index in [1.54, 1.807) is 7.11 Å². The zero-order valence-corrected chi connectivity index (χ0v) is 15.3. The van der Waals surface area contributed by atoms with E-state index in [2.05, 4.69) is 9.62 Å². The average molecular weight is 360 g/mol. The van der Waals surface area contributed by atoms with Crippen LogP contribution in [-0.4, -0.2) is 34.4 Å². The van der Waals surface area contributed by atoms with Crippen LogP contribution in [0.15, 0.2) is 48.5 Å². The zero-order chi connectivity index (χ0) is 17.7. The number of rotatable bonds is 7. The summed E-state index contributed by atoms with van der Waals surface area (Å²) in [7, 11) is -1.91. The van der Waals surface area contributed by atoms with Crippen molar-refractivity contribution in [1.82, 2.24) is 0 Å². The van der Waals surface area contributed by atoms with Crippen LogP contribution in [0.2, 0.25) is 0 Å². The lowest BCUT2D eigenvalue weighted by molar-refractivity contribution is 0.417. The molecule has 3 rings (SSSR count). The first-order valence-corrected chi connectivity index (χ1v) is 10.2. The van der Waals surface area contributed by atoms with E-state index in [1.807, 2.05) is 48.5 Å². The van der Waals surface area contributed by atoms with Crippen molar-refractivity contribution in [3.05, 3.63) is 54.1 Å². The van der Waals surface area contributed by atoms with Crippen LogP contribution in [0.3, 0.4) is 0 Å². The Balaban J connectivity index is 1.74. The predicted molar refractivity (Wildman–Crippen MR) is 102 cm³/mol. The fraction of sp³-hybridized carbons (Fsp3) is 0.368. The van der Waals surface area contributed by atoms with Gasteiger partial charge in [0.25, 0.3) is 0 Å². The number of nitrogens with one attached hydrogen (secondary N) is 1. The van der Waals surface area contributed by atoms with E-state index in [-0.39, 0.29) is 5.75 Å². The van der Waals surface area contributed by atoms with Crippen molar-refractivity contribution in [1.29, 1.82) is 0 Å². The Hall–Kier alpha value is -2.21. The molecule has 6 heteroatoms. The highest BCUT2D eigenvalue weighted by atomic mass is 32.2. The third-order valence-corrected chi connectivity index (χ3v) is 5.69. The summed E-state index contributed by atoms with van der Waals surface area (Å²) in [6, 6.07) is 15.3. The van der Waals surface area contributed by atoms with Gasteiger partial charge in [-0.3, -0.25) is 4.72 Å². The van der Waals surface area contributed by atoms with Gasteiger partial charge < -0.3 is 9.64 Å². The average Bonchev–Trinajstić information content (AvgIpc) is 3.15. The van der Waals surface area contributed by atoms with Crippen LogP contribution < -0.4 is 14.4 Å². The Morgan fingerprint density at radius 1 is 1.08 bits per heavy atom. The Bertz CT molecular complexity index is 801. The summed E-state index contributed by atoms with van der Waals surface area (Å²) in [5.74, 6) is 0.569. The van der Waals surface area contributed by atoms with Crippen molar-refractivity contribution in [3.8, 4) is 5.75 Å². The summed E-state index contributed by atoms with van der Waals surface area (Å²) < 4.78 is 33.0. The van der Waals surface area contributed by atoms with Gasteiger partial charge in [-0.1, -0.05) is 30.3 Å². The Morgan fingerprint density at radius 2 is 1.80 bits per heavy atom. The molecular weight excluding hydrogens is 336 g/mol. The first-order chi connectivity index (χ1) is 12.1. The van der Waals surface area contributed by atoms with E-state index in [0.29, 0.717) is 17.9 Å². The number of methoxy groups -OCH3 is 1. The summed E-state index contributed by atoms with van der Waals surface area (Å²) in [6.07, 6.45) is 2.82. The van der Waals surface area contributed by atoms with E-state index in [4.69, 9.17) is 4.74 Å². The second kappa shape index (κ2) is 7.78. The van der Waals surface area contributed by atoms with Gasteiger partial charge >= 0.3 is 0 Å². The number of benzene rings is 2. The van der Waals surface area contributed by atoms with Crippen molar-refractivity contribution >= 4 is 21.4 Å². The summed E-state index contributed by atoms with van der Waals surface area (Å²) in [5.41, 5.74) is 2.53. The van der Waals surface area contributed by atoms with Crippen molar-refractivity contribution in [2.24, 2.45) is 0 Å². The smallest absolute Gasteiger partial charge is 0.233 e. The molecule has 25 heavy (non-hydrogen) atoms. The summed E-state index contributed by atoms with van der Waals surface area (Å²) in [4.78, 5) is 2.27. The fourth-order valence-electron chi connectivity index (χ4n) is 3.06. The molecule has 0 bridgehead atoms. The minimum Gasteiger partial charge on any atom is -0.495 e. The van der Waals surface area contributed by atoms with Crippen LogP contribution >= 0.6 is 0 Å². The minimum absolute atomic E-state index is 0.0358. The van der Waals surface area contributed by atoms with Gasteiger partial charge in [-0.05, 0) is 43.0 Å². The molecule has 134 valence electrons. The standard InChI is InChI=1S/C19H24N2O3S/c1-24-19-10-9-17(21-12-5-6-13-21)15-18(19)20-25(22,23)14-11-16-7-3-2-4-8-16/h2-4,7-10,15,20H,5-6,11-14H2,1H3. The predicted octanol–water partition coefficient (Wildman–Crippen LogP) is 3.28. The highest BCUT2D eigenvalue weighted by Crippen LogP contribution is 2.32. The maximum Gasteiger partial charge on any atom is 0.233 e. The lowest BCUT2D eigenvalue weighted by Crippen LogP contribution is -2.20. The number of aryl methyl sites for hydroxylation is 1. The normalized spacial score (nSPS) is 14.5. The first-order valence-electron chi connectivity index (χ1n) is 8.55. The number of hydrogen-bond acceptors (Lipinski definition) is 4. The first kappa shape index (κ1) is 17.6. The third kappa shape index (κ3) is 4.66. The molecular formula is C19H24N2O3S. The van der Waals surface area contributed by atoms with E-state index < -0.39 is 10.0 Å². The van der Waals surface area contributed by atoms with Crippen LogP contribution in [0, 0.1) is 0 Å². The molecule has 0 atom stereocenters. The molecule has 0 saturated carbocycles. The molecule has 0 spiro atoms. The van der Waals surface area contributed by atoms with Crippen molar-refractivity contribution in [2.45, 2.75) is 19.3 Å². The molecule has 0 aliphatic carbocycles. The maximum atomic E-state index is 12.5. The number of hydrogen-bond donors (Lipinski definition) is 1. The van der Waals surface area contributed by atoms with Crippen LogP contribution in [0.1, 0.15) is 18.4 Å². The second-order valence-corrected chi connectivity index (χ2v) is 8.08. The number of nitrogens with zero attached hydrogens (tertiary/aromatic N) is 1. The van der Waals surface area contributed by atoms with Gasteiger partial charge in [-0.25, -0.2) is 8.42 Å². The lowest BCUT2D eigenvalue weighted by Gasteiger charge is -2.20. The number of sulfonamides is 1. The second-order valence-electron chi connectivity index (χ2n) is 6.24. The van der Waals surface area contributed by atoms with Crippen LogP contribution in [0.25, 0.3) is 0 Å².